The number of hydrogen-bond acceptors (Lipinski definition) is 4. The average Bonchev–Trinajstić information content (AvgIpc) is 2.98. The van der Waals surface area contributed by atoms with E-state index in [1.54, 1.807) is 6.07 Å². The first-order chi connectivity index (χ1) is 14.9. The maximum Gasteiger partial charge on any atom is 0.273 e. The van der Waals surface area contributed by atoms with Gasteiger partial charge in [0.15, 0.2) is 0 Å². The summed E-state index contributed by atoms with van der Waals surface area (Å²) in [6.07, 6.45) is 0. The molecule has 156 valence electrons. The standard InChI is InChI=1S/C26H23NO3S/c1-16-10-12-20(18(3)14-16)23-24(31-19-8-6-5-7-9-19)26(29)27(25(23)28)21-15-17(2)11-13-22(21)30-4/h5-15H,1-4H3. The van der Waals surface area contributed by atoms with Crippen molar-refractivity contribution < 1.29 is 14.3 Å². The fraction of sp³-hybridized carbons (Fsp3) is 0.154. The highest BCUT2D eigenvalue weighted by Crippen LogP contribution is 2.44. The van der Waals surface area contributed by atoms with Crippen molar-refractivity contribution in [3.05, 3.63) is 93.9 Å². The van der Waals surface area contributed by atoms with E-state index in [0.717, 1.165) is 27.1 Å². The van der Waals surface area contributed by atoms with E-state index in [2.05, 4.69) is 0 Å². The van der Waals surface area contributed by atoms with E-state index in [9.17, 15) is 9.59 Å². The molecule has 0 saturated heterocycles. The highest BCUT2D eigenvalue weighted by Gasteiger charge is 2.42. The fourth-order valence-corrected chi connectivity index (χ4v) is 4.74. The Morgan fingerprint density at radius 2 is 1.48 bits per heavy atom. The third-order valence-corrected chi connectivity index (χ3v) is 6.32. The predicted molar refractivity (Wildman–Crippen MR) is 125 cm³/mol. The lowest BCUT2D eigenvalue weighted by Gasteiger charge is -2.19. The zero-order chi connectivity index (χ0) is 22.1. The molecule has 1 aliphatic heterocycles. The molecule has 3 aromatic rings. The molecule has 0 N–H and O–H groups in total. The fourth-order valence-electron chi connectivity index (χ4n) is 3.74. The molecular formula is C26H23NO3S. The van der Waals surface area contributed by atoms with Gasteiger partial charge >= 0.3 is 0 Å². The van der Waals surface area contributed by atoms with Crippen LogP contribution in [0.4, 0.5) is 5.69 Å². The summed E-state index contributed by atoms with van der Waals surface area (Å²) >= 11 is 1.32. The Morgan fingerprint density at radius 1 is 0.806 bits per heavy atom. The van der Waals surface area contributed by atoms with Crippen molar-refractivity contribution in [2.45, 2.75) is 25.7 Å². The summed E-state index contributed by atoms with van der Waals surface area (Å²) in [7, 11) is 1.54. The molecule has 0 fully saturated rings. The van der Waals surface area contributed by atoms with Crippen molar-refractivity contribution in [1.82, 2.24) is 0 Å². The van der Waals surface area contributed by atoms with Crippen molar-refractivity contribution in [2.75, 3.05) is 12.0 Å². The topological polar surface area (TPSA) is 46.6 Å². The SMILES string of the molecule is COc1ccc(C)cc1N1C(=O)C(Sc2ccccc2)=C(c2ccc(C)cc2C)C1=O. The van der Waals surface area contributed by atoms with E-state index in [4.69, 9.17) is 4.74 Å². The second-order valence-corrected chi connectivity index (χ2v) is 8.64. The van der Waals surface area contributed by atoms with Crippen LogP contribution < -0.4 is 9.64 Å². The highest BCUT2D eigenvalue weighted by molar-refractivity contribution is 8.04. The summed E-state index contributed by atoms with van der Waals surface area (Å²) in [5, 5.41) is 0. The van der Waals surface area contributed by atoms with Crippen molar-refractivity contribution in [1.29, 1.82) is 0 Å². The van der Waals surface area contributed by atoms with Crippen molar-refractivity contribution in [3.63, 3.8) is 0 Å². The molecule has 0 aromatic heterocycles. The molecule has 0 radical (unpaired) electrons. The lowest BCUT2D eigenvalue weighted by Crippen LogP contribution is -2.31. The average molecular weight is 430 g/mol. The van der Waals surface area contributed by atoms with Crippen LogP contribution in [0.5, 0.6) is 5.75 Å². The summed E-state index contributed by atoms with van der Waals surface area (Å²) in [4.78, 5) is 29.9. The summed E-state index contributed by atoms with van der Waals surface area (Å²) in [6.45, 7) is 5.90. The van der Waals surface area contributed by atoms with Crippen LogP contribution in [0, 0.1) is 20.8 Å². The van der Waals surface area contributed by atoms with Crippen LogP contribution in [0.2, 0.25) is 0 Å². The Kier molecular flexibility index (Phi) is 5.70. The molecule has 0 atom stereocenters. The van der Waals surface area contributed by atoms with Crippen LogP contribution in [0.3, 0.4) is 0 Å². The van der Waals surface area contributed by atoms with Gasteiger partial charge in [0.1, 0.15) is 5.75 Å². The Hall–Kier alpha value is -3.31. The van der Waals surface area contributed by atoms with Crippen molar-refractivity contribution >= 4 is 34.8 Å². The predicted octanol–water partition coefficient (Wildman–Crippen LogP) is 5.70. The van der Waals surface area contributed by atoms with Crippen molar-refractivity contribution in [2.24, 2.45) is 0 Å². The first kappa shape index (κ1) is 20.9. The van der Waals surface area contributed by atoms with Gasteiger partial charge in [-0.1, -0.05) is 59.8 Å². The van der Waals surface area contributed by atoms with E-state index >= 15 is 0 Å². The number of amides is 2. The second kappa shape index (κ2) is 8.44. The number of ether oxygens (including phenoxy) is 1. The monoisotopic (exact) mass is 429 g/mol. The number of carbonyl (C=O) groups excluding carboxylic acids is 2. The largest absolute Gasteiger partial charge is 0.495 e. The smallest absolute Gasteiger partial charge is 0.273 e. The normalized spacial score (nSPS) is 13.9. The number of imide groups is 1. The third kappa shape index (κ3) is 3.89. The number of hydrogen-bond donors (Lipinski definition) is 0. The number of aryl methyl sites for hydroxylation is 3. The maximum atomic E-state index is 13.7. The minimum absolute atomic E-state index is 0.334. The Bertz CT molecular complexity index is 1210. The molecule has 4 nitrogen and oxygen atoms in total. The summed E-state index contributed by atoms with van der Waals surface area (Å²) in [6, 6.07) is 21.0. The number of methoxy groups -OCH3 is 1. The number of nitrogens with zero attached hydrogens (tertiary/aromatic N) is 1. The lowest BCUT2D eigenvalue weighted by atomic mass is 9.98. The quantitative estimate of drug-likeness (QED) is 0.488. The van der Waals surface area contributed by atoms with Gasteiger partial charge in [-0.15, -0.1) is 0 Å². The molecule has 0 saturated carbocycles. The van der Waals surface area contributed by atoms with Gasteiger partial charge in [0.25, 0.3) is 11.8 Å². The molecule has 5 heteroatoms. The van der Waals surface area contributed by atoms with Crippen LogP contribution in [0.15, 0.2) is 76.5 Å². The molecule has 3 aromatic carbocycles. The van der Waals surface area contributed by atoms with Gasteiger partial charge in [0.05, 0.1) is 23.3 Å². The van der Waals surface area contributed by atoms with Gasteiger partial charge in [0, 0.05) is 4.90 Å². The van der Waals surface area contributed by atoms with Crippen LogP contribution in [-0.2, 0) is 9.59 Å². The Morgan fingerprint density at radius 3 is 2.16 bits per heavy atom. The minimum Gasteiger partial charge on any atom is -0.495 e. The maximum absolute atomic E-state index is 13.7. The van der Waals surface area contributed by atoms with E-state index in [0.29, 0.717) is 21.9 Å². The molecule has 1 heterocycles. The van der Waals surface area contributed by atoms with Gasteiger partial charge in [0.2, 0.25) is 0 Å². The number of carbonyl (C=O) groups is 2. The third-order valence-electron chi connectivity index (χ3n) is 5.23. The highest BCUT2D eigenvalue weighted by atomic mass is 32.2. The van der Waals surface area contributed by atoms with Gasteiger partial charge < -0.3 is 4.74 Å². The molecule has 0 bridgehead atoms. The van der Waals surface area contributed by atoms with Gasteiger partial charge in [-0.05, 0) is 61.7 Å². The Labute approximate surface area is 186 Å². The summed E-state index contributed by atoms with van der Waals surface area (Å²) < 4.78 is 5.47. The van der Waals surface area contributed by atoms with Gasteiger partial charge in [-0.25, -0.2) is 4.90 Å². The van der Waals surface area contributed by atoms with Crippen LogP contribution >= 0.6 is 11.8 Å². The molecular weight excluding hydrogens is 406 g/mol. The number of anilines is 1. The van der Waals surface area contributed by atoms with E-state index in [1.165, 1.54) is 23.8 Å². The van der Waals surface area contributed by atoms with E-state index in [-0.39, 0.29) is 11.8 Å². The summed E-state index contributed by atoms with van der Waals surface area (Å²) in [5.41, 5.74) is 4.67. The first-order valence-electron chi connectivity index (χ1n) is 9.99. The van der Waals surface area contributed by atoms with Gasteiger partial charge in [-0.3, -0.25) is 9.59 Å². The van der Waals surface area contributed by atoms with Crippen LogP contribution in [0.25, 0.3) is 5.57 Å². The zero-order valence-corrected chi connectivity index (χ0v) is 18.7. The molecule has 1 aliphatic rings. The number of rotatable bonds is 5. The van der Waals surface area contributed by atoms with Crippen LogP contribution in [0.1, 0.15) is 22.3 Å². The molecule has 4 rings (SSSR count). The summed E-state index contributed by atoms with van der Waals surface area (Å²) in [5.74, 6) is -0.185. The van der Waals surface area contributed by atoms with Gasteiger partial charge in [-0.2, -0.15) is 0 Å². The van der Waals surface area contributed by atoms with E-state index in [1.807, 2.05) is 81.4 Å². The van der Waals surface area contributed by atoms with Crippen molar-refractivity contribution in [3.8, 4) is 5.75 Å². The molecule has 0 spiro atoms. The zero-order valence-electron chi connectivity index (χ0n) is 17.9. The second-order valence-electron chi connectivity index (χ2n) is 7.56. The lowest BCUT2D eigenvalue weighted by molar-refractivity contribution is -0.119. The number of thioether (sulfide) groups is 1. The molecule has 0 unspecified atom stereocenters. The minimum atomic E-state index is -0.335. The number of benzene rings is 3. The molecule has 31 heavy (non-hydrogen) atoms. The molecule has 2 amide bonds. The van der Waals surface area contributed by atoms with Crippen LogP contribution in [-0.4, -0.2) is 18.9 Å². The Balaban J connectivity index is 1.89. The first-order valence-corrected chi connectivity index (χ1v) is 10.8. The van der Waals surface area contributed by atoms with E-state index < -0.39 is 0 Å². The molecule has 0 aliphatic carbocycles.